The second-order valence-electron chi connectivity index (χ2n) is 6.87. The van der Waals surface area contributed by atoms with Crippen molar-refractivity contribution < 1.29 is 18.9 Å². The van der Waals surface area contributed by atoms with Gasteiger partial charge in [0.15, 0.2) is 17.5 Å². The van der Waals surface area contributed by atoms with E-state index in [4.69, 9.17) is 18.9 Å². The zero-order chi connectivity index (χ0) is 20.2. The summed E-state index contributed by atoms with van der Waals surface area (Å²) in [5.74, 6) is 2.63. The van der Waals surface area contributed by atoms with Gasteiger partial charge in [-0.1, -0.05) is 19.3 Å². The number of nitrogens with zero attached hydrogens (tertiary/aromatic N) is 1. The number of aliphatic imine (C=N–C) groups is 1. The predicted molar refractivity (Wildman–Crippen MR) is 127 cm³/mol. The smallest absolute Gasteiger partial charge is 0.203 e. The fraction of sp³-hybridized carbons (Fsp3) is 0.667. The Morgan fingerprint density at radius 1 is 1.00 bits per heavy atom. The highest BCUT2D eigenvalue weighted by Gasteiger charge is 2.14. The van der Waals surface area contributed by atoms with Crippen LogP contribution in [0.3, 0.4) is 0 Å². The standard InChI is InChI=1S/C21H35N3O4.HI/c1-22-21(23-11-8-12-28-17-9-6-5-7-10-17)24-15-16-13-18(25-2)20(27-4)19(14-16)26-3;/h13-14,17H,5-12,15H2,1-4H3,(H2,22,23,24);1H. The van der Waals surface area contributed by atoms with Gasteiger partial charge in [0.2, 0.25) is 5.75 Å². The van der Waals surface area contributed by atoms with E-state index in [-0.39, 0.29) is 24.0 Å². The van der Waals surface area contributed by atoms with Crippen LogP contribution in [0, 0.1) is 0 Å². The van der Waals surface area contributed by atoms with Crippen molar-refractivity contribution in [2.45, 2.75) is 51.2 Å². The van der Waals surface area contributed by atoms with Crippen molar-refractivity contribution in [1.82, 2.24) is 10.6 Å². The van der Waals surface area contributed by atoms with Gasteiger partial charge in [-0.3, -0.25) is 4.99 Å². The lowest BCUT2D eigenvalue weighted by Crippen LogP contribution is -2.37. The molecule has 0 heterocycles. The lowest BCUT2D eigenvalue weighted by molar-refractivity contribution is 0.0277. The summed E-state index contributed by atoms with van der Waals surface area (Å²) in [5.41, 5.74) is 1.01. The molecule has 0 aliphatic heterocycles. The molecule has 0 unspecified atom stereocenters. The Morgan fingerprint density at radius 3 is 2.21 bits per heavy atom. The zero-order valence-corrected chi connectivity index (χ0v) is 20.4. The molecule has 0 atom stereocenters. The van der Waals surface area contributed by atoms with E-state index in [1.807, 2.05) is 12.1 Å². The van der Waals surface area contributed by atoms with Crippen molar-refractivity contribution in [2.24, 2.45) is 4.99 Å². The van der Waals surface area contributed by atoms with Crippen molar-refractivity contribution in [3.05, 3.63) is 17.7 Å². The van der Waals surface area contributed by atoms with Gasteiger partial charge < -0.3 is 29.6 Å². The molecular formula is C21H36IN3O4. The van der Waals surface area contributed by atoms with E-state index in [0.717, 1.165) is 31.1 Å². The number of hydrogen-bond donors (Lipinski definition) is 2. The van der Waals surface area contributed by atoms with Gasteiger partial charge in [-0.15, -0.1) is 24.0 Å². The predicted octanol–water partition coefficient (Wildman–Crippen LogP) is 3.73. The van der Waals surface area contributed by atoms with Gasteiger partial charge in [-0.25, -0.2) is 0 Å². The maximum absolute atomic E-state index is 5.96. The molecule has 2 N–H and O–H groups in total. The SMILES string of the molecule is CN=C(NCCCOC1CCCCC1)NCc1cc(OC)c(OC)c(OC)c1.I. The molecule has 8 heteroatoms. The Balaban J connectivity index is 0.00000420. The highest BCUT2D eigenvalue weighted by Crippen LogP contribution is 2.38. The number of guanidine groups is 1. The normalized spacial score (nSPS) is 14.7. The summed E-state index contributed by atoms with van der Waals surface area (Å²) in [6.07, 6.45) is 7.82. The van der Waals surface area contributed by atoms with Crippen LogP contribution in [0.4, 0.5) is 0 Å². The van der Waals surface area contributed by atoms with Crippen LogP contribution in [0.25, 0.3) is 0 Å². The second-order valence-corrected chi connectivity index (χ2v) is 6.87. The quantitative estimate of drug-likeness (QED) is 0.212. The molecule has 1 saturated carbocycles. The van der Waals surface area contributed by atoms with Gasteiger partial charge in [-0.05, 0) is 37.0 Å². The highest BCUT2D eigenvalue weighted by atomic mass is 127. The number of benzene rings is 1. The van der Waals surface area contributed by atoms with Crippen molar-refractivity contribution in [3.63, 3.8) is 0 Å². The maximum Gasteiger partial charge on any atom is 0.203 e. The van der Waals surface area contributed by atoms with E-state index in [1.165, 1.54) is 32.1 Å². The summed E-state index contributed by atoms with van der Waals surface area (Å²) in [4.78, 5) is 4.28. The third-order valence-electron chi connectivity index (χ3n) is 4.93. The highest BCUT2D eigenvalue weighted by molar-refractivity contribution is 14.0. The van der Waals surface area contributed by atoms with E-state index in [2.05, 4.69) is 15.6 Å². The molecule has 1 aliphatic carbocycles. The number of nitrogens with one attached hydrogen (secondary N) is 2. The first kappa shape index (κ1) is 25.6. The van der Waals surface area contributed by atoms with Gasteiger partial charge in [0.1, 0.15) is 0 Å². The van der Waals surface area contributed by atoms with Crippen LogP contribution in [-0.2, 0) is 11.3 Å². The second kappa shape index (κ2) is 14.5. The number of hydrogen-bond acceptors (Lipinski definition) is 5. The van der Waals surface area contributed by atoms with Crippen LogP contribution in [-0.4, -0.2) is 53.6 Å². The van der Waals surface area contributed by atoms with Gasteiger partial charge in [0.25, 0.3) is 0 Å². The molecule has 0 spiro atoms. The van der Waals surface area contributed by atoms with Crippen molar-refractivity contribution in [1.29, 1.82) is 0 Å². The van der Waals surface area contributed by atoms with E-state index in [1.54, 1.807) is 28.4 Å². The molecule has 29 heavy (non-hydrogen) atoms. The Morgan fingerprint density at radius 2 is 1.66 bits per heavy atom. The number of methoxy groups -OCH3 is 3. The lowest BCUT2D eigenvalue weighted by atomic mass is 9.98. The Kier molecular flexibility index (Phi) is 12.8. The van der Waals surface area contributed by atoms with Crippen molar-refractivity contribution >= 4 is 29.9 Å². The van der Waals surface area contributed by atoms with E-state index in [9.17, 15) is 0 Å². The minimum absolute atomic E-state index is 0. The topological polar surface area (TPSA) is 73.3 Å². The molecule has 1 aromatic rings. The molecule has 2 rings (SSSR count). The Bertz CT molecular complexity index is 597. The van der Waals surface area contributed by atoms with Gasteiger partial charge >= 0.3 is 0 Å². The molecule has 166 valence electrons. The summed E-state index contributed by atoms with van der Waals surface area (Å²) >= 11 is 0. The van der Waals surface area contributed by atoms with Crippen molar-refractivity contribution in [2.75, 3.05) is 41.5 Å². The molecule has 1 fully saturated rings. The molecule has 0 amide bonds. The summed E-state index contributed by atoms with van der Waals surface area (Å²) in [6.45, 7) is 2.21. The van der Waals surface area contributed by atoms with Crippen LogP contribution in [0.2, 0.25) is 0 Å². The third kappa shape index (κ3) is 8.46. The average molecular weight is 521 g/mol. The monoisotopic (exact) mass is 521 g/mol. The summed E-state index contributed by atoms with van der Waals surface area (Å²) in [7, 11) is 6.60. The number of rotatable bonds is 10. The third-order valence-corrected chi connectivity index (χ3v) is 4.93. The summed E-state index contributed by atoms with van der Waals surface area (Å²) in [6, 6.07) is 3.86. The largest absolute Gasteiger partial charge is 0.493 e. The fourth-order valence-corrected chi connectivity index (χ4v) is 3.40. The first-order valence-electron chi connectivity index (χ1n) is 10.1. The first-order chi connectivity index (χ1) is 13.7. The average Bonchev–Trinajstić information content (AvgIpc) is 2.75. The summed E-state index contributed by atoms with van der Waals surface area (Å²) < 4.78 is 22.1. The van der Waals surface area contributed by atoms with Gasteiger partial charge in [-0.2, -0.15) is 0 Å². The lowest BCUT2D eigenvalue weighted by Gasteiger charge is -2.22. The molecule has 0 radical (unpaired) electrons. The van der Waals surface area contributed by atoms with E-state index in [0.29, 0.717) is 29.9 Å². The Hall–Kier alpha value is -1.42. The zero-order valence-electron chi connectivity index (χ0n) is 18.1. The number of halogens is 1. The molecule has 0 aromatic heterocycles. The van der Waals surface area contributed by atoms with Crippen molar-refractivity contribution in [3.8, 4) is 17.2 Å². The van der Waals surface area contributed by atoms with Gasteiger partial charge in [0, 0.05) is 26.7 Å². The minimum atomic E-state index is 0. The molecular weight excluding hydrogens is 485 g/mol. The van der Waals surface area contributed by atoms with Crippen LogP contribution < -0.4 is 24.8 Å². The fourth-order valence-electron chi connectivity index (χ4n) is 3.40. The van der Waals surface area contributed by atoms with Crippen LogP contribution in [0.1, 0.15) is 44.1 Å². The van der Waals surface area contributed by atoms with Crippen LogP contribution >= 0.6 is 24.0 Å². The number of ether oxygens (including phenoxy) is 4. The minimum Gasteiger partial charge on any atom is -0.493 e. The molecule has 7 nitrogen and oxygen atoms in total. The molecule has 1 aliphatic rings. The summed E-state index contributed by atoms with van der Waals surface area (Å²) in [5, 5.41) is 6.64. The molecule has 0 bridgehead atoms. The van der Waals surface area contributed by atoms with Gasteiger partial charge in [0.05, 0.1) is 27.4 Å². The maximum atomic E-state index is 5.96. The van der Waals surface area contributed by atoms with E-state index < -0.39 is 0 Å². The van der Waals surface area contributed by atoms with Crippen LogP contribution in [0.15, 0.2) is 17.1 Å². The van der Waals surface area contributed by atoms with Crippen LogP contribution in [0.5, 0.6) is 17.2 Å². The Labute approximate surface area is 191 Å². The molecule has 1 aromatic carbocycles. The van der Waals surface area contributed by atoms with E-state index >= 15 is 0 Å². The molecule has 0 saturated heterocycles. The first-order valence-corrected chi connectivity index (χ1v) is 10.1.